The number of rotatable bonds is 7. The maximum Gasteiger partial charge on any atom is 0.438 e. The van der Waals surface area contributed by atoms with Crippen molar-refractivity contribution in [3.8, 4) is 0 Å². The lowest BCUT2D eigenvalue weighted by atomic mass is 10.3. The smallest absolute Gasteiger partial charge is 0.366 e. The fourth-order valence-electron chi connectivity index (χ4n) is 2.30. The number of urea groups is 1. The van der Waals surface area contributed by atoms with Gasteiger partial charge in [-0.1, -0.05) is 13.8 Å². The third-order valence-electron chi connectivity index (χ3n) is 3.73. The maximum absolute atomic E-state index is 12.7. The predicted molar refractivity (Wildman–Crippen MR) is 105 cm³/mol. The van der Waals surface area contributed by atoms with Gasteiger partial charge in [0.25, 0.3) is 0 Å². The van der Waals surface area contributed by atoms with Gasteiger partial charge in [-0.15, -0.1) is 0 Å². The van der Waals surface area contributed by atoms with E-state index < -0.39 is 13.8 Å². The average molecular weight is 384 g/mol. The van der Waals surface area contributed by atoms with Gasteiger partial charge in [-0.05, 0) is 44.0 Å². The first-order valence-corrected chi connectivity index (χ1v) is 10.2. The van der Waals surface area contributed by atoms with Crippen LogP contribution >= 0.6 is 7.75 Å². The third-order valence-corrected chi connectivity index (χ3v) is 4.65. The molecule has 0 aliphatic heterocycles. The highest BCUT2D eigenvalue weighted by molar-refractivity contribution is 7.54. The average Bonchev–Trinajstić information content (AvgIpc) is 2.55. The van der Waals surface area contributed by atoms with Crippen molar-refractivity contribution in [3.63, 3.8) is 0 Å². The first kappa shape index (κ1) is 22.2. The van der Waals surface area contributed by atoms with Crippen LogP contribution in [0.5, 0.6) is 0 Å². The van der Waals surface area contributed by atoms with Gasteiger partial charge in [-0.3, -0.25) is 0 Å². The fourth-order valence-corrected chi connectivity index (χ4v) is 3.09. The molecule has 0 bridgehead atoms. The van der Waals surface area contributed by atoms with E-state index >= 15 is 0 Å². The Morgan fingerprint density at radius 2 is 1.58 bits per heavy atom. The first-order valence-electron chi connectivity index (χ1n) is 8.59. The number of benzene rings is 1. The van der Waals surface area contributed by atoms with Crippen LogP contribution in [0, 0.1) is 0 Å². The second-order valence-corrected chi connectivity index (χ2v) is 7.59. The molecule has 1 rings (SSSR count). The molecule has 1 aromatic rings. The van der Waals surface area contributed by atoms with Crippen molar-refractivity contribution in [2.45, 2.75) is 33.6 Å². The lowest BCUT2D eigenvalue weighted by Crippen LogP contribution is -2.42. The zero-order valence-corrected chi connectivity index (χ0v) is 17.0. The molecule has 0 aliphatic rings. The fraction of sp³-hybridized carbons (Fsp3) is 0.529. The topological polar surface area (TPSA) is 96.7 Å². The van der Waals surface area contributed by atoms with Gasteiger partial charge in [0.15, 0.2) is 0 Å². The summed E-state index contributed by atoms with van der Waals surface area (Å²) in [6.07, 6.45) is 1.41. The van der Waals surface area contributed by atoms with Crippen molar-refractivity contribution in [1.82, 2.24) is 9.80 Å². The molecule has 0 atom stereocenters. The number of amidine groups is 1. The Kier molecular flexibility index (Phi) is 8.27. The van der Waals surface area contributed by atoms with E-state index in [2.05, 4.69) is 4.99 Å². The van der Waals surface area contributed by atoms with E-state index in [1.54, 1.807) is 12.1 Å². The third kappa shape index (κ3) is 6.12. The van der Waals surface area contributed by atoms with E-state index in [1.807, 2.05) is 39.8 Å². The normalized spacial score (nSPS) is 12.0. The number of carbonyl (C=O) groups excluding carboxylic acids is 1. The summed E-state index contributed by atoms with van der Waals surface area (Å²) < 4.78 is 12.5. The van der Waals surface area contributed by atoms with Crippen LogP contribution in [-0.2, 0) is 4.57 Å². The van der Waals surface area contributed by atoms with Gasteiger partial charge in [0.05, 0.1) is 11.4 Å². The molecule has 26 heavy (non-hydrogen) atoms. The van der Waals surface area contributed by atoms with E-state index in [-0.39, 0.29) is 5.69 Å². The Morgan fingerprint density at radius 3 is 1.96 bits per heavy atom. The highest BCUT2D eigenvalue weighted by Crippen LogP contribution is 2.45. The van der Waals surface area contributed by atoms with Crippen LogP contribution in [-0.4, -0.2) is 58.6 Å². The molecule has 0 unspecified atom stereocenters. The Bertz CT molecular complexity index is 664. The van der Waals surface area contributed by atoms with Gasteiger partial charge in [-0.25, -0.2) is 14.4 Å². The van der Waals surface area contributed by atoms with Gasteiger partial charge in [-0.2, -0.15) is 4.67 Å². The molecule has 1 aromatic carbocycles. The van der Waals surface area contributed by atoms with Crippen molar-refractivity contribution < 1.29 is 19.1 Å². The Hall–Kier alpha value is -1.89. The molecule has 0 spiro atoms. The van der Waals surface area contributed by atoms with Crippen molar-refractivity contribution in [2.24, 2.45) is 4.99 Å². The van der Waals surface area contributed by atoms with Crippen LogP contribution in [0.4, 0.5) is 16.2 Å². The summed E-state index contributed by atoms with van der Waals surface area (Å²) in [6.45, 7) is 6.56. The van der Waals surface area contributed by atoms with Crippen LogP contribution in [0.1, 0.15) is 33.6 Å². The Balaban J connectivity index is 3.20. The predicted octanol–water partition coefficient (Wildman–Crippen LogP) is 3.44. The molecule has 146 valence electrons. The number of anilines is 1. The summed E-state index contributed by atoms with van der Waals surface area (Å²) >= 11 is 0. The second kappa shape index (κ2) is 9.71. The van der Waals surface area contributed by atoms with Crippen molar-refractivity contribution in [3.05, 3.63) is 24.3 Å². The molecule has 2 N–H and O–H groups in total. The summed E-state index contributed by atoms with van der Waals surface area (Å²) in [5.41, 5.74) is 0.777. The number of carbonyl (C=O) groups is 1. The van der Waals surface area contributed by atoms with Gasteiger partial charge in [0, 0.05) is 27.2 Å². The Morgan fingerprint density at radius 1 is 1.08 bits per heavy atom. The quantitative estimate of drug-likeness (QED) is 0.426. The minimum Gasteiger partial charge on any atom is -0.366 e. The zero-order valence-electron chi connectivity index (χ0n) is 16.1. The SMILES string of the molecule is CCCN(CCC)C(=O)N(c1ccc(N=C(C)N(C)C)cc1)P(=O)(O)O. The maximum atomic E-state index is 12.7. The van der Waals surface area contributed by atoms with E-state index in [0.29, 0.717) is 36.3 Å². The lowest BCUT2D eigenvalue weighted by molar-refractivity contribution is 0.206. The van der Waals surface area contributed by atoms with Gasteiger partial charge >= 0.3 is 13.8 Å². The molecule has 8 nitrogen and oxygen atoms in total. The zero-order chi connectivity index (χ0) is 19.9. The highest BCUT2D eigenvalue weighted by atomic mass is 31.2. The largest absolute Gasteiger partial charge is 0.438 e. The minimum absolute atomic E-state index is 0.141. The van der Waals surface area contributed by atoms with Crippen LogP contribution in [0.15, 0.2) is 29.3 Å². The molecule has 0 fully saturated rings. The van der Waals surface area contributed by atoms with Gasteiger partial charge in [0.1, 0.15) is 5.84 Å². The number of aliphatic imine (C=N–C) groups is 1. The number of amides is 2. The molecule has 0 radical (unpaired) electrons. The molecule has 9 heteroatoms. The van der Waals surface area contributed by atoms with Crippen molar-refractivity contribution in [1.29, 1.82) is 0 Å². The van der Waals surface area contributed by atoms with Crippen LogP contribution in [0.2, 0.25) is 0 Å². The number of nitrogens with zero attached hydrogens (tertiary/aromatic N) is 4. The molecular formula is C17H29N4O4P. The van der Waals surface area contributed by atoms with Crippen LogP contribution < -0.4 is 4.67 Å². The summed E-state index contributed by atoms with van der Waals surface area (Å²) in [6, 6.07) is 5.55. The lowest BCUT2D eigenvalue weighted by Gasteiger charge is -2.30. The molecule has 0 saturated heterocycles. The number of hydrogen-bond acceptors (Lipinski definition) is 3. The van der Waals surface area contributed by atoms with Gasteiger partial charge in [0.2, 0.25) is 0 Å². The van der Waals surface area contributed by atoms with Crippen molar-refractivity contribution >= 4 is 31.0 Å². The van der Waals surface area contributed by atoms with Crippen LogP contribution in [0.25, 0.3) is 0 Å². The summed E-state index contributed by atoms with van der Waals surface area (Å²) in [4.78, 5) is 39.9. The van der Waals surface area contributed by atoms with E-state index in [0.717, 1.165) is 5.84 Å². The molecule has 0 aromatic heterocycles. The van der Waals surface area contributed by atoms with Crippen molar-refractivity contribution in [2.75, 3.05) is 31.9 Å². The molecule has 2 amide bonds. The molecule has 0 aliphatic carbocycles. The minimum atomic E-state index is -4.82. The van der Waals surface area contributed by atoms with E-state index in [9.17, 15) is 19.1 Å². The standard InChI is InChI=1S/C17H29N4O4P/c1-6-12-20(13-7-2)17(22)21(26(23,24)25)16-10-8-15(9-11-16)18-14(3)19(4)5/h8-11H,6-7,12-13H2,1-5H3,(H2,23,24,25). The van der Waals surface area contributed by atoms with E-state index in [4.69, 9.17) is 0 Å². The molecular weight excluding hydrogens is 355 g/mol. The van der Waals surface area contributed by atoms with Gasteiger partial charge < -0.3 is 19.6 Å². The monoisotopic (exact) mass is 384 g/mol. The second-order valence-electron chi connectivity index (χ2n) is 6.16. The summed E-state index contributed by atoms with van der Waals surface area (Å²) in [7, 11) is -1.07. The van der Waals surface area contributed by atoms with E-state index in [1.165, 1.54) is 17.0 Å². The number of hydrogen-bond donors (Lipinski definition) is 2. The molecule has 0 saturated carbocycles. The molecule has 0 heterocycles. The van der Waals surface area contributed by atoms with Crippen LogP contribution in [0.3, 0.4) is 0 Å². The first-order chi connectivity index (χ1) is 12.1. The Labute approximate surface area is 155 Å². The summed E-state index contributed by atoms with van der Waals surface area (Å²) in [5.74, 6) is 0.790. The summed E-state index contributed by atoms with van der Waals surface area (Å²) in [5, 5.41) is 0. The highest BCUT2D eigenvalue weighted by Gasteiger charge is 2.35.